The molecule has 1 unspecified atom stereocenters. The van der Waals surface area contributed by atoms with E-state index in [2.05, 4.69) is 10.6 Å². The number of amides is 2. The Balaban J connectivity index is 1.22. The number of aliphatic carboxylic acids is 1. The molecule has 2 aliphatic rings. The first-order valence-corrected chi connectivity index (χ1v) is 11.7. The van der Waals surface area contributed by atoms with Gasteiger partial charge in [0.2, 0.25) is 5.91 Å². The van der Waals surface area contributed by atoms with Crippen LogP contribution in [0.15, 0.2) is 72.8 Å². The Morgan fingerprint density at radius 2 is 1.49 bits per heavy atom. The molecule has 1 saturated carbocycles. The average Bonchev–Trinajstić information content (AvgIpc) is 3.65. The SMILES string of the molecule is O=C(O)CC(NC(=O)OCC1c2ccccc2-c2ccccc21)C(=O)Nc1ccc(C2CC2)cc1. The number of carboxylic acid groups (broad SMARTS) is 1. The second-order valence-electron chi connectivity index (χ2n) is 9.01. The van der Waals surface area contributed by atoms with Crippen molar-refractivity contribution >= 4 is 23.7 Å². The van der Waals surface area contributed by atoms with Crippen molar-refractivity contribution in [3.63, 3.8) is 0 Å². The smallest absolute Gasteiger partial charge is 0.407 e. The lowest BCUT2D eigenvalue weighted by atomic mass is 9.98. The molecule has 35 heavy (non-hydrogen) atoms. The van der Waals surface area contributed by atoms with Crippen LogP contribution in [0.25, 0.3) is 11.1 Å². The van der Waals surface area contributed by atoms with Gasteiger partial charge in [0.05, 0.1) is 6.42 Å². The predicted octanol–water partition coefficient (Wildman–Crippen LogP) is 4.88. The van der Waals surface area contributed by atoms with Gasteiger partial charge in [-0.1, -0.05) is 60.7 Å². The molecule has 0 saturated heterocycles. The zero-order valence-corrected chi connectivity index (χ0v) is 19.1. The molecular weight excluding hydrogens is 444 g/mol. The second kappa shape index (κ2) is 9.62. The number of anilines is 1. The quantitative estimate of drug-likeness (QED) is 0.435. The summed E-state index contributed by atoms with van der Waals surface area (Å²) < 4.78 is 5.48. The van der Waals surface area contributed by atoms with E-state index in [9.17, 15) is 19.5 Å². The van der Waals surface area contributed by atoms with Crippen LogP contribution in [-0.4, -0.2) is 35.7 Å². The Morgan fingerprint density at radius 1 is 0.886 bits per heavy atom. The first-order valence-electron chi connectivity index (χ1n) is 11.7. The van der Waals surface area contributed by atoms with Crippen molar-refractivity contribution in [1.29, 1.82) is 0 Å². The van der Waals surface area contributed by atoms with Gasteiger partial charge in [0.1, 0.15) is 12.6 Å². The van der Waals surface area contributed by atoms with E-state index in [0.717, 1.165) is 22.3 Å². The van der Waals surface area contributed by atoms with E-state index in [0.29, 0.717) is 11.6 Å². The molecule has 0 bridgehead atoms. The highest BCUT2D eigenvalue weighted by atomic mass is 16.5. The molecule has 7 nitrogen and oxygen atoms in total. The van der Waals surface area contributed by atoms with Crippen molar-refractivity contribution < 1.29 is 24.2 Å². The molecule has 0 heterocycles. The Hall–Kier alpha value is -4.13. The summed E-state index contributed by atoms with van der Waals surface area (Å²) in [6, 6.07) is 22.2. The number of carbonyl (C=O) groups is 3. The van der Waals surface area contributed by atoms with Gasteiger partial charge in [-0.25, -0.2) is 4.79 Å². The number of nitrogens with one attached hydrogen (secondary N) is 2. The highest BCUT2D eigenvalue weighted by Gasteiger charge is 2.30. The molecule has 178 valence electrons. The lowest BCUT2D eigenvalue weighted by Gasteiger charge is -2.19. The molecule has 1 fully saturated rings. The van der Waals surface area contributed by atoms with Crippen LogP contribution >= 0.6 is 0 Å². The number of ether oxygens (including phenoxy) is 1. The summed E-state index contributed by atoms with van der Waals surface area (Å²) in [5.74, 6) is -1.35. The summed E-state index contributed by atoms with van der Waals surface area (Å²) in [6.45, 7) is 0.0733. The number of hydrogen-bond donors (Lipinski definition) is 3. The summed E-state index contributed by atoms with van der Waals surface area (Å²) >= 11 is 0. The lowest BCUT2D eigenvalue weighted by Crippen LogP contribution is -2.45. The van der Waals surface area contributed by atoms with E-state index in [1.165, 1.54) is 18.4 Å². The predicted molar refractivity (Wildman–Crippen MR) is 131 cm³/mol. The molecule has 2 aliphatic carbocycles. The molecule has 3 N–H and O–H groups in total. The maximum Gasteiger partial charge on any atom is 0.407 e. The summed E-state index contributed by atoms with van der Waals surface area (Å²) in [4.78, 5) is 36.7. The number of hydrogen-bond acceptors (Lipinski definition) is 4. The minimum absolute atomic E-state index is 0.0733. The van der Waals surface area contributed by atoms with Crippen LogP contribution in [-0.2, 0) is 14.3 Å². The third-order valence-electron chi connectivity index (χ3n) is 6.56. The van der Waals surface area contributed by atoms with E-state index in [4.69, 9.17) is 4.74 Å². The van der Waals surface area contributed by atoms with E-state index < -0.39 is 30.4 Å². The summed E-state index contributed by atoms with van der Waals surface area (Å²) in [7, 11) is 0. The van der Waals surface area contributed by atoms with Crippen molar-refractivity contribution in [2.24, 2.45) is 0 Å². The van der Waals surface area contributed by atoms with Gasteiger partial charge < -0.3 is 20.5 Å². The molecule has 3 aromatic carbocycles. The average molecular weight is 471 g/mol. The Labute approximate surface area is 203 Å². The highest BCUT2D eigenvalue weighted by molar-refractivity contribution is 5.98. The number of fused-ring (bicyclic) bond motifs is 3. The fourth-order valence-corrected chi connectivity index (χ4v) is 4.65. The topological polar surface area (TPSA) is 105 Å². The zero-order valence-electron chi connectivity index (χ0n) is 19.1. The van der Waals surface area contributed by atoms with Crippen molar-refractivity contribution in [2.45, 2.75) is 37.1 Å². The van der Waals surface area contributed by atoms with Gasteiger partial charge in [-0.05, 0) is 58.7 Å². The third kappa shape index (κ3) is 5.04. The molecule has 3 aromatic rings. The number of carboxylic acids is 1. The standard InChI is InChI=1S/C28H26N2O5/c31-26(32)15-25(27(33)29-19-13-11-18(12-14-19)17-9-10-17)30-28(34)35-16-24-22-7-3-1-5-20(22)21-6-2-4-8-23(21)24/h1-8,11-14,17,24-25H,9-10,15-16H2,(H,29,33)(H,30,34)(H,31,32). The molecule has 1 atom stereocenters. The fourth-order valence-electron chi connectivity index (χ4n) is 4.65. The number of alkyl carbamates (subject to hydrolysis) is 1. The molecule has 0 aliphatic heterocycles. The van der Waals surface area contributed by atoms with Crippen molar-refractivity contribution in [3.8, 4) is 11.1 Å². The van der Waals surface area contributed by atoms with Crippen LogP contribution in [0.1, 0.15) is 47.8 Å². The summed E-state index contributed by atoms with van der Waals surface area (Å²) in [5.41, 5.74) is 6.11. The Bertz CT molecular complexity index is 1220. The Kier molecular flexibility index (Phi) is 6.23. The zero-order chi connectivity index (χ0) is 24.4. The molecule has 5 rings (SSSR count). The first-order chi connectivity index (χ1) is 17.0. The molecule has 0 radical (unpaired) electrons. The van der Waals surface area contributed by atoms with E-state index in [1.807, 2.05) is 60.7 Å². The van der Waals surface area contributed by atoms with Gasteiger partial charge in [-0.15, -0.1) is 0 Å². The van der Waals surface area contributed by atoms with Gasteiger partial charge in [0.25, 0.3) is 0 Å². The van der Waals surface area contributed by atoms with Crippen molar-refractivity contribution in [2.75, 3.05) is 11.9 Å². The van der Waals surface area contributed by atoms with E-state index in [1.54, 1.807) is 12.1 Å². The van der Waals surface area contributed by atoms with Crippen LogP contribution in [0.3, 0.4) is 0 Å². The van der Waals surface area contributed by atoms with Crippen LogP contribution in [0, 0.1) is 0 Å². The van der Waals surface area contributed by atoms with Gasteiger partial charge >= 0.3 is 12.1 Å². The fraction of sp³-hybridized carbons (Fsp3) is 0.250. The van der Waals surface area contributed by atoms with Crippen LogP contribution in [0.2, 0.25) is 0 Å². The van der Waals surface area contributed by atoms with Crippen molar-refractivity contribution in [3.05, 3.63) is 89.5 Å². The highest BCUT2D eigenvalue weighted by Crippen LogP contribution is 2.44. The van der Waals surface area contributed by atoms with Gasteiger partial charge in [0.15, 0.2) is 0 Å². The van der Waals surface area contributed by atoms with Crippen LogP contribution in [0.4, 0.5) is 10.5 Å². The summed E-state index contributed by atoms with van der Waals surface area (Å²) in [6.07, 6.45) is 0.959. The first kappa shape index (κ1) is 22.7. The summed E-state index contributed by atoms with van der Waals surface area (Å²) in [5, 5.41) is 14.4. The maximum atomic E-state index is 12.8. The maximum absolute atomic E-state index is 12.8. The number of benzene rings is 3. The Morgan fingerprint density at radius 3 is 2.06 bits per heavy atom. The molecular formula is C28H26N2O5. The van der Waals surface area contributed by atoms with Gasteiger partial charge in [-0.3, -0.25) is 9.59 Å². The largest absolute Gasteiger partial charge is 0.481 e. The minimum Gasteiger partial charge on any atom is -0.481 e. The van der Waals surface area contributed by atoms with Gasteiger partial charge in [0, 0.05) is 11.6 Å². The second-order valence-corrected chi connectivity index (χ2v) is 9.01. The van der Waals surface area contributed by atoms with Gasteiger partial charge in [-0.2, -0.15) is 0 Å². The van der Waals surface area contributed by atoms with E-state index in [-0.39, 0.29) is 12.5 Å². The van der Waals surface area contributed by atoms with Crippen LogP contribution < -0.4 is 10.6 Å². The number of carbonyl (C=O) groups excluding carboxylic acids is 2. The normalized spacial score (nSPS) is 15.0. The molecule has 7 heteroatoms. The monoisotopic (exact) mass is 470 g/mol. The molecule has 2 amide bonds. The third-order valence-corrected chi connectivity index (χ3v) is 6.56. The molecule has 0 aromatic heterocycles. The molecule has 0 spiro atoms. The minimum atomic E-state index is -1.27. The van der Waals surface area contributed by atoms with E-state index >= 15 is 0 Å². The van der Waals surface area contributed by atoms with Crippen LogP contribution in [0.5, 0.6) is 0 Å². The lowest BCUT2D eigenvalue weighted by molar-refractivity contribution is -0.139. The van der Waals surface area contributed by atoms with Crippen molar-refractivity contribution in [1.82, 2.24) is 5.32 Å². The number of rotatable bonds is 8.